The van der Waals surface area contributed by atoms with Crippen LogP contribution in [-0.2, 0) is 4.74 Å². The van der Waals surface area contributed by atoms with Crippen molar-refractivity contribution < 1.29 is 9.53 Å². The lowest BCUT2D eigenvalue weighted by molar-refractivity contribution is 0.0446. The van der Waals surface area contributed by atoms with Crippen LogP contribution in [0.4, 0.5) is 4.79 Å². The number of ether oxygens (including phenoxy) is 1. The largest absolute Gasteiger partial charge is 0.444 e. The maximum atomic E-state index is 11.8. The molecule has 0 aromatic rings. The number of carbonyl (C=O) groups excluding carboxylic acids is 1. The van der Waals surface area contributed by atoms with E-state index in [1.54, 1.807) is 6.92 Å². The van der Waals surface area contributed by atoms with E-state index in [1.165, 1.54) is 6.42 Å². The van der Waals surface area contributed by atoms with Crippen molar-refractivity contribution in [3.05, 3.63) is 0 Å². The van der Waals surface area contributed by atoms with Gasteiger partial charge in [0.05, 0.1) is 6.07 Å². The van der Waals surface area contributed by atoms with Gasteiger partial charge in [-0.05, 0) is 46.5 Å². The van der Waals surface area contributed by atoms with Crippen LogP contribution < -0.4 is 5.32 Å². The summed E-state index contributed by atoms with van der Waals surface area (Å²) in [5.74, 6) is 0.226. The summed E-state index contributed by atoms with van der Waals surface area (Å²) >= 11 is 0. The lowest BCUT2D eigenvalue weighted by atomic mass is 9.76. The van der Waals surface area contributed by atoms with Gasteiger partial charge in [-0.2, -0.15) is 5.26 Å². The van der Waals surface area contributed by atoms with Crippen LogP contribution in [0.2, 0.25) is 0 Å². The van der Waals surface area contributed by atoms with Crippen LogP contribution >= 0.6 is 0 Å². The van der Waals surface area contributed by atoms with Crippen LogP contribution in [0.3, 0.4) is 0 Å². The highest BCUT2D eigenvalue weighted by Crippen LogP contribution is 2.32. The molecule has 1 atom stereocenters. The van der Waals surface area contributed by atoms with Gasteiger partial charge in [-0.1, -0.05) is 19.3 Å². The Morgan fingerprint density at radius 3 is 2.22 bits per heavy atom. The summed E-state index contributed by atoms with van der Waals surface area (Å²) in [4.78, 5) is 11.8. The van der Waals surface area contributed by atoms with Crippen LogP contribution in [0.5, 0.6) is 0 Å². The molecule has 102 valence electrons. The first-order valence-electron chi connectivity index (χ1n) is 6.69. The van der Waals surface area contributed by atoms with Crippen molar-refractivity contribution in [1.82, 2.24) is 5.32 Å². The van der Waals surface area contributed by atoms with Crippen molar-refractivity contribution in [3.8, 4) is 6.07 Å². The summed E-state index contributed by atoms with van der Waals surface area (Å²) in [6, 6.07) is 2.25. The SMILES string of the molecule is CC(C)(C)OC(=O)NC(C)(C#N)C1CCCCC1. The van der Waals surface area contributed by atoms with Crippen LogP contribution in [0.1, 0.15) is 59.8 Å². The average molecular weight is 252 g/mol. The number of rotatable bonds is 2. The van der Waals surface area contributed by atoms with Crippen LogP contribution in [0.15, 0.2) is 0 Å². The number of nitrogens with one attached hydrogen (secondary N) is 1. The summed E-state index contributed by atoms with van der Waals surface area (Å²) in [7, 11) is 0. The molecule has 0 aromatic carbocycles. The number of nitriles is 1. The maximum absolute atomic E-state index is 11.8. The molecule has 0 heterocycles. The zero-order chi connectivity index (χ0) is 13.8. The Balaban J connectivity index is 2.65. The van der Waals surface area contributed by atoms with E-state index in [1.807, 2.05) is 20.8 Å². The highest BCUT2D eigenvalue weighted by atomic mass is 16.6. The smallest absolute Gasteiger partial charge is 0.408 e. The normalized spacial score (nSPS) is 20.6. The highest BCUT2D eigenvalue weighted by Gasteiger charge is 2.37. The number of amides is 1. The van der Waals surface area contributed by atoms with E-state index < -0.39 is 17.2 Å². The molecule has 0 spiro atoms. The molecule has 1 rings (SSSR count). The molecular weight excluding hydrogens is 228 g/mol. The Labute approximate surface area is 110 Å². The number of carbonyl (C=O) groups is 1. The van der Waals surface area contributed by atoms with Gasteiger partial charge in [0.1, 0.15) is 11.1 Å². The second-order valence-corrected chi connectivity index (χ2v) is 6.28. The molecule has 4 heteroatoms. The number of hydrogen-bond acceptors (Lipinski definition) is 3. The fourth-order valence-corrected chi connectivity index (χ4v) is 2.42. The minimum Gasteiger partial charge on any atom is -0.444 e. The van der Waals surface area contributed by atoms with Gasteiger partial charge in [-0.15, -0.1) is 0 Å². The van der Waals surface area contributed by atoms with E-state index in [9.17, 15) is 10.1 Å². The fourth-order valence-electron chi connectivity index (χ4n) is 2.42. The number of nitrogens with zero attached hydrogens (tertiary/aromatic N) is 1. The number of hydrogen-bond donors (Lipinski definition) is 1. The van der Waals surface area contributed by atoms with Crippen molar-refractivity contribution in [2.45, 2.75) is 70.9 Å². The molecule has 1 unspecified atom stereocenters. The summed E-state index contributed by atoms with van der Waals surface area (Å²) in [6.45, 7) is 7.25. The van der Waals surface area contributed by atoms with Crippen molar-refractivity contribution in [2.75, 3.05) is 0 Å². The molecule has 0 aliphatic heterocycles. The molecule has 1 amide bonds. The third kappa shape index (κ3) is 4.21. The molecule has 1 aliphatic rings. The summed E-state index contributed by atoms with van der Waals surface area (Å²) < 4.78 is 5.22. The molecule has 18 heavy (non-hydrogen) atoms. The van der Waals surface area contributed by atoms with Gasteiger partial charge >= 0.3 is 6.09 Å². The van der Waals surface area contributed by atoms with E-state index in [0.29, 0.717) is 0 Å². The van der Waals surface area contributed by atoms with Gasteiger partial charge in [-0.25, -0.2) is 4.79 Å². The lowest BCUT2D eigenvalue weighted by Gasteiger charge is -2.35. The van der Waals surface area contributed by atoms with E-state index >= 15 is 0 Å². The summed E-state index contributed by atoms with van der Waals surface area (Å²) in [5.41, 5.74) is -1.35. The van der Waals surface area contributed by atoms with Crippen molar-refractivity contribution in [2.24, 2.45) is 5.92 Å². The van der Waals surface area contributed by atoms with Crippen molar-refractivity contribution in [3.63, 3.8) is 0 Å². The van der Waals surface area contributed by atoms with Gasteiger partial charge < -0.3 is 10.1 Å². The molecule has 0 saturated heterocycles. The molecule has 1 N–H and O–H groups in total. The first-order valence-corrected chi connectivity index (χ1v) is 6.69. The Morgan fingerprint density at radius 1 is 1.22 bits per heavy atom. The maximum Gasteiger partial charge on any atom is 0.408 e. The standard InChI is InChI=1S/C14H24N2O2/c1-13(2,3)18-12(17)16-14(4,10-15)11-8-6-5-7-9-11/h11H,5-9H2,1-4H3,(H,16,17). The Morgan fingerprint density at radius 2 is 1.78 bits per heavy atom. The van der Waals surface area contributed by atoms with Crippen LogP contribution in [-0.4, -0.2) is 17.2 Å². The van der Waals surface area contributed by atoms with Gasteiger partial charge in [0.25, 0.3) is 0 Å². The first-order chi connectivity index (χ1) is 8.27. The van der Waals surface area contributed by atoms with Gasteiger partial charge in [0, 0.05) is 0 Å². The molecule has 1 fully saturated rings. The first kappa shape index (κ1) is 14.8. The van der Waals surface area contributed by atoms with Gasteiger partial charge in [-0.3, -0.25) is 0 Å². The lowest BCUT2D eigenvalue weighted by Crippen LogP contribution is -2.52. The molecule has 1 saturated carbocycles. The zero-order valence-electron chi connectivity index (χ0n) is 11.9. The monoisotopic (exact) mass is 252 g/mol. The Bertz CT molecular complexity index is 335. The van der Waals surface area contributed by atoms with E-state index in [0.717, 1.165) is 25.7 Å². The summed E-state index contributed by atoms with van der Waals surface area (Å²) in [5, 5.41) is 12.1. The van der Waals surface area contributed by atoms with Crippen LogP contribution in [0, 0.1) is 17.2 Å². The fraction of sp³-hybridized carbons (Fsp3) is 0.857. The molecular formula is C14H24N2O2. The molecule has 0 radical (unpaired) electrons. The second kappa shape index (κ2) is 5.60. The minimum atomic E-state index is -0.817. The third-order valence-electron chi connectivity index (χ3n) is 3.41. The Hall–Kier alpha value is -1.24. The molecule has 0 aromatic heterocycles. The van der Waals surface area contributed by atoms with E-state index in [2.05, 4.69) is 11.4 Å². The third-order valence-corrected chi connectivity index (χ3v) is 3.41. The highest BCUT2D eigenvalue weighted by molar-refractivity contribution is 5.69. The predicted molar refractivity (Wildman–Crippen MR) is 70.0 cm³/mol. The predicted octanol–water partition coefficient (Wildman–Crippen LogP) is 3.37. The van der Waals surface area contributed by atoms with E-state index in [4.69, 9.17) is 4.74 Å². The van der Waals surface area contributed by atoms with Crippen molar-refractivity contribution in [1.29, 1.82) is 5.26 Å². The second-order valence-electron chi connectivity index (χ2n) is 6.28. The molecule has 0 bridgehead atoms. The molecule has 4 nitrogen and oxygen atoms in total. The van der Waals surface area contributed by atoms with E-state index in [-0.39, 0.29) is 5.92 Å². The quantitative estimate of drug-likeness (QED) is 0.819. The zero-order valence-corrected chi connectivity index (χ0v) is 11.9. The van der Waals surface area contributed by atoms with Crippen molar-refractivity contribution >= 4 is 6.09 Å². The minimum absolute atomic E-state index is 0.226. The Kier molecular flexibility index (Phi) is 4.61. The van der Waals surface area contributed by atoms with Gasteiger partial charge in [0.15, 0.2) is 0 Å². The number of alkyl carbamates (subject to hydrolysis) is 1. The van der Waals surface area contributed by atoms with Gasteiger partial charge in [0.2, 0.25) is 0 Å². The molecule has 1 aliphatic carbocycles. The van der Waals surface area contributed by atoms with Crippen LogP contribution in [0.25, 0.3) is 0 Å². The summed E-state index contributed by atoms with van der Waals surface area (Å²) in [6.07, 6.45) is 5.00. The average Bonchev–Trinajstić information content (AvgIpc) is 2.27. The topological polar surface area (TPSA) is 62.1 Å².